The fourth-order valence-electron chi connectivity index (χ4n) is 4.30. The first-order valence-electron chi connectivity index (χ1n) is 13.1. The van der Waals surface area contributed by atoms with Crippen LogP contribution in [0.3, 0.4) is 0 Å². The first-order valence-corrected chi connectivity index (χ1v) is 13.1. The van der Waals surface area contributed by atoms with Crippen molar-refractivity contribution >= 4 is 18.5 Å². The van der Waals surface area contributed by atoms with Crippen LogP contribution >= 0.6 is 0 Å². The minimum Gasteiger partial charge on any atom is -0.437 e. The molecule has 2 unspecified atom stereocenters. The Bertz CT molecular complexity index is 1330. The van der Waals surface area contributed by atoms with Crippen LogP contribution in [0.15, 0.2) is 109 Å². The lowest BCUT2D eigenvalue weighted by molar-refractivity contribution is 0.0510. The maximum absolute atomic E-state index is 12.8. The summed E-state index contributed by atoms with van der Waals surface area (Å²) in [5.74, 6) is 0.0700. The maximum atomic E-state index is 12.8. The highest BCUT2D eigenvalue weighted by atomic mass is 16.7. The summed E-state index contributed by atoms with van der Waals surface area (Å²) in [4.78, 5) is 35.6. The SMILES string of the molecule is COC(=O)Oc1ccc(C(COC(=O)OCC(c2ccccc2)c2ccc(OC(=O)OC)cc2)c2ccccc2)cc1. The molecule has 4 aromatic rings. The predicted octanol–water partition coefficient (Wildman–Crippen LogP) is 7.09. The third-order valence-corrected chi connectivity index (χ3v) is 6.44. The number of methoxy groups -OCH3 is 2. The van der Waals surface area contributed by atoms with E-state index in [0.29, 0.717) is 11.5 Å². The molecule has 4 aromatic carbocycles. The zero-order chi connectivity index (χ0) is 29.7. The third kappa shape index (κ3) is 8.34. The van der Waals surface area contributed by atoms with Crippen molar-refractivity contribution in [3.63, 3.8) is 0 Å². The van der Waals surface area contributed by atoms with Gasteiger partial charge in [-0.25, -0.2) is 14.4 Å². The molecule has 0 aliphatic heterocycles. The van der Waals surface area contributed by atoms with Crippen LogP contribution in [0.2, 0.25) is 0 Å². The van der Waals surface area contributed by atoms with Gasteiger partial charge in [0.05, 0.1) is 14.2 Å². The monoisotopic (exact) mass is 570 g/mol. The molecule has 0 saturated carbocycles. The maximum Gasteiger partial charge on any atom is 0.513 e. The topological polar surface area (TPSA) is 107 Å². The van der Waals surface area contributed by atoms with Gasteiger partial charge < -0.3 is 28.4 Å². The summed E-state index contributed by atoms with van der Waals surface area (Å²) in [6.07, 6.45) is -2.44. The summed E-state index contributed by atoms with van der Waals surface area (Å²) < 4.78 is 30.4. The van der Waals surface area contributed by atoms with E-state index in [0.717, 1.165) is 22.3 Å². The molecule has 42 heavy (non-hydrogen) atoms. The molecule has 0 radical (unpaired) electrons. The second-order valence-electron chi connectivity index (χ2n) is 9.05. The summed E-state index contributed by atoms with van der Waals surface area (Å²) in [6, 6.07) is 33.0. The molecule has 9 nitrogen and oxygen atoms in total. The van der Waals surface area contributed by atoms with Crippen molar-refractivity contribution in [2.45, 2.75) is 11.8 Å². The molecule has 2 atom stereocenters. The van der Waals surface area contributed by atoms with Crippen LogP contribution in [0.5, 0.6) is 11.5 Å². The number of carbonyl (C=O) groups excluding carboxylic acids is 3. The van der Waals surface area contributed by atoms with Crippen LogP contribution in [0.1, 0.15) is 34.1 Å². The van der Waals surface area contributed by atoms with Gasteiger partial charge in [0.15, 0.2) is 0 Å². The predicted molar refractivity (Wildman–Crippen MR) is 153 cm³/mol. The first-order chi connectivity index (χ1) is 20.5. The van der Waals surface area contributed by atoms with Gasteiger partial charge in [0, 0.05) is 11.8 Å². The van der Waals surface area contributed by atoms with Gasteiger partial charge in [-0.1, -0.05) is 84.9 Å². The van der Waals surface area contributed by atoms with E-state index in [4.69, 9.17) is 18.9 Å². The average molecular weight is 571 g/mol. The summed E-state index contributed by atoms with van der Waals surface area (Å²) in [7, 11) is 2.47. The molecule has 0 aliphatic carbocycles. The fourth-order valence-corrected chi connectivity index (χ4v) is 4.30. The molecule has 0 aliphatic rings. The van der Waals surface area contributed by atoms with E-state index in [-0.39, 0.29) is 25.0 Å². The molecule has 0 bridgehead atoms. The molecule has 0 amide bonds. The summed E-state index contributed by atoms with van der Waals surface area (Å²) in [5.41, 5.74) is 3.57. The molecular weight excluding hydrogens is 540 g/mol. The number of benzene rings is 4. The first kappa shape index (κ1) is 29.7. The lowest BCUT2D eigenvalue weighted by Crippen LogP contribution is -2.18. The Hall–Kier alpha value is -5.31. The van der Waals surface area contributed by atoms with Crippen molar-refractivity contribution in [3.8, 4) is 11.5 Å². The average Bonchev–Trinajstić information content (AvgIpc) is 3.03. The van der Waals surface area contributed by atoms with Gasteiger partial charge in [-0.15, -0.1) is 0 Å². The summed E-state index contributed by atoms with van der Waals surface area (Å²) in [6.45, 7) is 0.0469. The minimum atomic E-state index is -0.812. The Kier molecular flexibility index (Phi) is 10.5. The highest BCUT2D eigenvalue weighted by Gasteiger charge is 2.21. The van der Waals surface area contributed by atoms with Gasteiger partial charge in [0.2, 0.25) is 0 Å². The molecule has 0 fully saturated rings. The van der Waals surface area contributed by atoms with Crippen LogP contribution in [0, 0.1) is 0 Å². The van der Waals surface area contributed by atoms with Crippen molar-refractivity contribution in [1.82, 2.24) is 0 Å². The van der Waals surface area contributed by atoms with Gasteiger partial charge >= 0.3 is 18.5 Å². The van der Waals surface area contributed by atoms with Crippen LogP contribution in [-0.2, 0) is 18.9 Å². The Balaban J connectivity index is 1.44. The molecule has 216 valence electrons. The van der Waals surface area contributed by atoms with Gasteiger partial charge in [-0.05, 0) is 46.5 Å². The highest BCUT2D eigenvalue weighted by molar-refractivity contribution is 5.64. The number of hydrogen-bond donors (Lipinski definition) is 0. The molecule has 0 heterocycles. The molecule has 0 spiro atoms. The normalized spacial score (nSPS) is 11.9. The molecule has 0 aromatic heterocycles. The number of carbonyl (C=O) groups is 3. The Morgan fingerprint density at radius 1 is 0.476 bits per heavy atom. The van der Waals surface area contributed by atoms with E-state index < -0.39 is 18.5 Å². The second kappa shape index (κ2) is 14.9. The van der Waals surface area contributed by atoms with E-state index in [1.165, 1.54) is 14.2 Å². The molecule has 4 rings (SSSR count). The van der Waals surface area contributed by atoms with Crippen LogP contribution in [-0.4, -0.2) is 45.9 Å². The zero-order valence-electron chi connectivity index (χ0n) is 23.1. The van der Waals surface area contributed by atoms with Crippen molar-refractivity contribution in [2.75, 3.05) is 27.4 Å². The van der Waals surface area contributed by atoms with E-state index in [1.807, 2.05) is 60.7 Å². The zero-order valence-corrected chi connectivity index (χ0v) is 23.1. The Morgan fingerprint density at radius 2 is 0.810 bits per heavy atom. The smallest absolute Gasteiger partial charge is 0.437 e. The van der Waals surface area contributed by atoms with Crippen molar-refractivity contribution < 1.29 is 42.8 Å². The van der Waals surface area contributed by atoms with Crippen molar-refractivity contribution in [2.24, 2.45) is 0 Å². The van der Waals surface area contributed by atoms with E-state index in [9.17, 15) is 14.4 Å². The molecular formula is C33H30O9. The highest BCUT2D eigenvalue weighted by Crippen LogP contribution is 2.29. The lowest BCUT2D eigenvalue weighted by atomic mass is 9.92. The van der Waals surface area contributed by atoms with E-state index >= 15 is 0 Å². The van der Waals surface area contributed by atoms with Gasteiger partial charge in [-0.3, -0.25) is 0 Å². The second-order valence-corrected chi connectivity index (χ2v) is 9.05. The van der Waals surface area contributed by atoms with Crippen LogP contribution in [0.4, 0.5) is 14.4 Å². The molecule has 0 saturated heterocycles. The van der Waals surface area contributed by atoms with Crippen molar-refractivity contribution in [1.29, 1.82) is 0 Å². The van der Waals surface area contributed by atoms with E-state index in [2.05, 4.69) is 9.47 Å². The third-order valence-electron chi connectivity index (χ3n) is 6.44. The molecule has 9 heteroatoms. The number of rotatable bonds is 10. The van der Waals surface area contributed by atoms with Gasteiger partial charge in [0.25, 0.3) is 0 Å². The number of ether oxygens (including phenoxy) is 6. The lowest BCUT2D eigenvalue weighted by Gasteiger charge is -2.20. The summed E-state index contributed by atoms with van der Waals surface area (Å²) in [5, 5.41) is 0. The minimum absolute atomic E-state index is 0.0234. The number of hydrogen-bond acceptors (Lipinski definition) is 9. The largest absolute Gasteiger partial charge is 0.513 e. The molecule has 0 N–H and O–H groups in total. The van der Waals surface area contributed by atoms with Crippen LogP contribution in [0.25, 0.3) is 0 Å². The summed E-state index contributed by atoms with van der Waals surface area (Å²) >= 11 is 0. The quantitative estimate of drug-likeness (QED) is 0.112. The van der Waals surface area contributed by atoms with E-state index in [1.54, 1.807) is 48.5 Å². The van der Waals surface area contributed by atoms with Crippen molar-refractivity contribution in [3.05, 3.63) is 131 Å². The van der Waals surface area contributed by atoms with Gasteiger partial charge in [0.1, 0.15) is 24.7 Å². The van der Waals surface area contributed by atoms with Crippen LogP contribution < -0.4 is 9.47 Å². The van der Waals surface area contributed by atoms with Gasteiger partial charge in [-0.2, -0.15) is 0 Å². The standard InChI is InChI=1S/C33H30O9/c1-37-31(34)41-27-17-13-25(14-18-27)29(23-9-5-3-6-10-23)21-39-33(36)40-22-30(24-11-7-4-8-12-24)26-15-19-28(20-16-26)42-32(35)38-2/h3-20,29-30H,21-22H2,1-2H3. The fraction of sp³-hybridized carbons (Fsp3) is 0.182. The Morgan fingerprint density at radius 3 is 1.14 bits per heavy atom. The Labute approximate surface area is 243 Å².